The van der Waals surface area contributed by atoms with Gasteiger partial charge in [-0.25, -0.2) is 9.97 Å². The van der Waals surface area contributed by atoms with E-state index in [1.165, 1.54) is 19.3 Å². The molecule has 0 atom stereocenters. The summed E-state index contributed by atoms with van der Waals surface area (Å²) >= 11 is 1.67. The zero-order valence-corrected chi connectivity index (χ0v) is 9.26. The van der Waals surface area contributed by atoms with E-state index in [0.717, 1.165) is 23.9 Å². The molecule has 0 N–H and O–H groups in total. The van der Waals surface area contributed by atoms with Gasteiger partial charge in [-0.3, -0.25) is 0 Å². The molecule has 0 unspecified atom stereocenters. The van der Waals surface area contributed by atoms with E-state index in [-0.39, 0.29) is 0 Å². The zero-order chi connectivity index (χ0) is 9.80. The molecule has 76 valence electrons. The summed E-state index contributed by atoms with van der Waals surface area (Å²) in [6, 6.07) is 2.08. The van der Waals surface area contributed by atoms with Gasteiger partial charge in [-0.1, -0.05) is 0 Å². The molecule has 0 spiro atoms. The molecule has 1 aromatic heterocycles. The van der Waals surface area contributed by atoms with Crippen molar-refractivity contribution >= 4 is 17.6 Å². The van der Waals surface area contributed by atoms with Crippen LogP contribution in [0.1, 0.15) is 19.3 Å². The van der Waals surface area contributed by atoms with Crippen molar-refractivity contribution in [3.05, 3.63) is 12.4 Å². The number of piperidine rings is 1. The van der Waals surface area contributed by atoms with Gasteiger partial charge in [-0.15, -0.1) is 11.8 Å². The van der Waals surface area contributed by atoms with Crippen molar-refractivity contribution in [2.24, 2.45) is 0 Å². The monoisotopic (exact) mass is 209 g/mol. The van der Waals surface area contributed by atoms with Gasteiger partial charge in [0.2, 0.25) is 0 Å². The second kappa shape index (κ2) is 4.64. The quantitative estimate of drug-likeness (QED) is 0.551. The molecule has 1 aliphatic rings. The fourth-order valence-corrected chi connectivity index (χ4v) is 2.11. The lowest BCUT2D eigenvalue weighted by Crippen LogP contribution is -2.30. The minimum Gasteiger partial charge on any atom is -0.356 e. The third kappa shape index (κ3) is 2.18. The van der Waals surface area contributed by atoms with Crippen molar-refractivity contribution in [2.45, 2.75) is 24.3 Å². The standard InChI is InChI=1S/C10H15N3S/c1-14-10-7-9(11-8-12-10)13-5-3-2-4-6-13/h7-8H,2-6H2,1H3. The molecule has 0 saturated carbocycles. The summed E-state index contributed by atoms with van der Waals surface area (Å²) in [7, 11) is 0. The van der Waals surface area contributed by atoms with Crippen LogP contribution in [0.15, 0.2) is 17.4 Å². The van der Waals surface area contributed by atoms with E-state index in [2.05, 4.69) is 20.9 Å². The first-order chi connectivity index (χ1) is 6.90. The SMILES string of the molecule is CSc1cc(N2CCCCC2)ncn1. The third-order valence-electron chi connectivity index (χ3n) is 2.52. The topological polar surface area (TPSA) is 29.0 Å². The first kappa shape index (κ1) is 9.77. The van der Waals surface area contributed by atoms with Crippen molar-refractivity contribution < 1.29 is 0 Å². The first-order valence-electron chi connectivity index (χ1n) is 5.01. The number of hydrogen-bond donors (Lipinski definition) is 0. The molecule has 1 aliphatic heterocycles. The van der Waals surface area contributed by atoms with Crippen LogP contribution in [0.2, 0.25) is 0 Å². The van der Waals surface area contributed by atoms with E-state index >= 15 is 0 Å². The third-order valence-corrected chi connectivity index (χ3v) is 3.16. The molecular weight excluding hydrogens is 194 g/mol. The van der Waals surface area contributed by atoms with Gasteiger partial charge < -0.3 is 4.90 Å². The molecule has 1 saturated heterocycles. The molecule has 2 heterocycles. The van der Waals surface area contributed by atoms with Crippen LogP contribution < -0.4 is 4.90 Å². The van der Waals surface area contributed by atoms with Gasteiger partial charge in [0.15, 0.2) is 0 Å². The molecule has 14 heavy (non-hydrogen) atoms. The lowest BCUT2D eigenvalue weighted by atomic mass is 10.1. The average molecular weight is 209 g/mol. The molecule has 1 aromatic rings. The molecule has 2 rings (SSSR count). The van der Waals surface area contributed by atoms with Crippen molar-refractivity contribution in [3.8, 4) is 0 Å². The Hall–Kier alpha value is -0.770. The highest BCUT2D eigenvalue weighted by Crippen LogP contribution is 2.20. The van der Waals surface area contributed by atoms with Gasteiger partial charge in [-0.05, 0) is 25.5 Å². The Morgan fingerprint density at radius 1 is 1.21 bits per heavy atom. The number of nitrogens with zero attached hydrogens (tertiary/aromatic N) is 3. The molecule has 3 nitrogen and oxygen atoms in total. The van der Waals surface area contributed by atoms with E-state index in [0.29, 0.717) is 0 Å². The maximum Gasteiger partial charge on any atom is 0.133 e. The average Bonchev–Trinajstić information content (AvgIpc) is 2.30. The lowest BCUT2D eigenvalue weighted by Gasteiger charge is -2.27. The fraction of sp³-hybridized carbons (Fsp3) is 0.600. The smallest absolute Gasteiger partial charge is 0.133 e. The van der Waals surface area contributed by atoms with Crippen LogP contribution in [0, 0.1) is 0 Å². The second-order valence-electron chi connectivity index (χ2n) is 3.47. The van der Waals surface area contributed by atoms with Crippen LogP contribution in [0.3, 0.4) is 0 Å². The number of thioether (sulfide) groups is 1. The largest absolute Gasteiger partial charge is 0.356 e. The Balaban J connectivity index is 2.13. The normalized spacial score (nSPS) is 17.1. The summed E-state index contributed by atoms with van der Waals surface area (Å²) in [6.07, 6.45) is 7.65. The van der Waals surface area contributed by atoms with Gasteiger partial charge in [0.05, 0.1) is 0 Å². The van der Waals surface area contributed by atoms with Crippen LogP contribution >= 0.6 is 11.8 Å². The Morgan fingerprint density at radius 3 is 2.71 bits per heavy atom. The van der Waals surface area contributed by atoms with Gasteiger partial charge in [-0.2, -0.15) is 0 Å². The van der Waals surface area contributed by atoms with Crippen LogP contribution in [0.5, 0.6) is 0 Å². The second-order valence-corrected chi connectivity index (χ2v) is 4.29. The van der Waals surface area contributed by atoms with Crippen molar-refractivity contribution in [2.75, 3.05) is 24.2 Å². The summed E-state index contributed by atoms with van der Waals surface area (Å²) < 4.78 is 0. The Morgan fingerprint density at radius 2 is 2.00 bits per heavy atom. The summed E-state index contributed by atoms with van der Waals surface area (Å²) in [4.78, 5) is 10.8. The van der Waals surface area contributed by atoms with Gasteiger partial charge >= 0.3 is 0 Å². The molecule has 4 heteroatoms. The lowest BCUT2D eigenvalue weighted by molar-refractivity contribution is 0.572. The van der Waals surface area contributed by atoms with Crippen molar-refractivity contribution in [1.82, 2.24) is 9.97 Å². The highest BCUT2D eigenvalue weighted by atomic mass is 32.2. The predicted octanol–water partition coefficient (Wildman–Crippen LogP) is 2.19. The van der Waals surface area contributed by atoms with Gasteiger partial charge in [0.1, 0.15) is 17.2 Å². The van der Waals surface area contributed by atoms with Crippen LogP contribution in [0.25, 0.3) is 0 Å². The minimum absolute atomic E-state index is 1.06. The minimum atomic E-state index is 1.06. The highest BCUT2D eigenvalue weighted by molar-refractivity contribution is 7.98. The van der Waals surface area contributed by atoms with E-state index in [9.17, 15) is 0 Å². The van der Waals surface area contributed by atoms with E-state index in [1.54, 1.807) is 18.1 Å². The Bertz CT molecular complexity index is 297. The Labute approximate surface area is 88.9 Å². The zero-order valence-electron chi connectivity index (χ0n) is 8.44. The number of hydrogen-bond acceptors (Lipinski definition) is 4. The highest BCUT2D eigenvalue weighted by Gasteiger charge is 2.12. The molecule has 0 bridgehead atoms. The number of aromatic nitrogens is 2. The predicted molar refractivity (Wildman–Crippen MR) is 59.9 cm³/mol. The maximum atomic E-state index is 4.31. The fourth-order valence-electron chi connectivity index (χ4n) is 1.74. The maximum absolute atomic E-state index is 4.31. The first-order valence-corrected chi connectivity index (χ1v) is 6.23. The molecule has 0 aliphatic carbocycles. The summed E-state index contributed by atoms with van der Waals surface area (Å²) in [5, 5.41) is 1.06. The molecule has 0 aromatic carbocycles. The molecule has 1 fully saturated rings. The van der Waals surface area contributed by atoms with Gasteiger partial charge in [0, 0.05) is 19.2 Å². The summed E-state index contributed by atoms with van der Waals surface area (Å²) in [5.41, 5.74) is 0. The number of rotatable bonds is 2. The van der Waals surface area contributed by atoms with Crippen LogP contribution in [-0.2, 0) is 0 Å². The van der Waals surface area contributed by atoms with Crippen LogP contribution in [0.4, 0.5) is 5.82 Å². The van der Waals surface area contributed by atoms with Crippen LogP contribution in [-0.4, -0.2) is 29.3 Å². The number of anilines is 1. The summed E-state index contributed by atoms with van der Waals surface area (Å²) in [5.74, 6) is 1.09. The van der Waals surface area contributed by atoms with Crippen molar-refractivity contribution in [3.63, 3.8) is 0 Å². The molecule has 0 radical (unpaired) electrons. The van der Waals surface area contributed by atoms with Gasteiger partial charge in [0.25, 0.3) is 0 Å². The summed E-state index contributed by atoms with van der Waals surface area (Å²) in [6.45, 7) is 2.29. The van der Waals surface area contributed by atoms with Crippen molar-refractivity contribution in [1.29, 1.82) is 0 Å². The van der Waals surface area contributed by atoms with E-state index < -0.39 is 0 Å². The van der Waals surface area contributed by atoms with E-state index in [4.69, 9.17) is 0 Å². The Kier molecular flexibility index (Phi) is 3.24. The molecule has 0 amide bonds. The van der Waals surface area contributed by atoms with E-state index in [1.807, 2.05) is 6.26 Å². The molecular formula is C10H15N3S.